The maximum absolute atomic E-state index is 13.5. The lowest BCUT2D eigenvalue weighted by Gasteiger charge is -2.21. The Balaban J connectivity index is 2.70. The number of alkyl halides is 1. The fraction of sp³-hybridized carbons (Fsp3) is 1.00. The summed E-state index contributed by atoms with van der Waals surface area (Å²) in [5.74, 6) is 0. The largest absolute Gasteiger partial charge is 0.472 e. The van der Waals surface area contributed by atoms with Crippen LogP contribution in [-0.2, 0) is 23.1 Å². The monoisotopic (exact) mass is 254 g/mol. The van der Waals surface area contributed by atoms with Crippen molar-refractivity contribution in [2.75, 3.05) is 20.8 Å². The lowest BCUT2D eigenvalue weighted by atomic mass is 9.94. The Morgan fingerprint density at radius 1 is 1.56 bits per heavy atom. The Morgan fingerprint density at radius 3 is 2.69 bits per heavy atom. The molecule has 2 radical (unpaired) electrons. The van der Waals surface area contributed by atoms with Gasteiger partial charge in [-0.05, 0) is 0 Å². The first-order chi connectivity index (χ1) is 7.41. The van der Waals surface area contributed by atoms with E-state index in [0.717, 1.165) is 7.11 Å². The van der Waals surface area contributed by atoms with Gasteiger partial charge in [0.25, 0.3) is 0 Å². The number of rotatable bonds is 5. The molecule has 9 heteroatoms. The molecule has 1 rings (SSSR count). The number of ether oxygens (including phenoxy) is 2. The van der Waals surface area contributed by atoms with Crippen molar-refractivity contribution in [3.05, 3.63) is 0 Å². The van der Waals surface area contributed by atoms with Gasteiger partial charge in [0, 0.05) is 14.2 Å². The number of phosphoric acid groups is 1. The molecule has 1 aliphatic rings. The van der Waals surface area contributed by atoms with Crippen LogP contribution < -0.4 is 0 Å². The fourth-order valence-electron chi connectivity index (χ4n) is 1.37. The highest BCUT2D eigenvalue weighted by atomic mass is 31.2. The van der Waals surface area contributed by atoms with Gasteiger partial charge in [-0.3, -0.25) is 9.05 Å². The summed E-state index contributed by atoms with van der Waals surface area (Å²) in [6, 6.07) is -1.21. The van der Waals surface area contributed by atoms with Crippen LogP contribution in [0.25, 0.3) is 0 Å². The zero-order valence-corrected chi connectivity index (χ0v) is 9.80. The predicted molar refractivity (Wildman–Crippen MR) is 52.9 cm³/mol. The van der Waals surface area contributed by atoms with E-state index in [9.17, 15) is 8.96 Å². The van der Waals surface area contributed by atoms with E-state index in [2.05, 4.69) is 9.05 Å². The minimum atomic E-state index is -4.28. The van der Waals surface area contributed by atoms with Crippen LogP contribution in [0.5, 0.6) is 0 Å². The topological polar surface area (TPSA) is 74.2 Å². The van der Waals surface area contributed by atoms with Gasteiger partial charge in [0.05, 0.1) is 12.6 Å². The van der Waals surface area contributed by atoms with Crippen LogP contribution in [0.4, 0.5) is 4.39 Å². The van der Waals surface area contributed by atoms with E-state index < -0.39 is 32.2 Å². The molecule has 0 aromatic heterocycles. The quantitative estimate of drug-likeness (QED) is 0.549. The number of phosphoric ester groups is 1. The van der Waals surface area contributed by atoms with Crippen LogP contribution in [0.2, 0.25) is 0 Å². The third-order valence-electron chi connectivity index (χ3n) is 2.14. The van der Waals surface area contributed by atoms with E-state index in [4.69, 9.17) is 22.2 Å². The van der Waals surface area contributed by atoms with E-state index in [-0.39, 0.29) is 6.61 Å². The molecule has 0 aliphatic carbocycles. The van der Waals surface area contributed by atoms with Crippen molar-refractivity contribution in [2.45, 2.75) is 24.4 Å². The van der Waals surface area contributed by atoms with Crippen molar-refractivity contribution >= 4 is 15.7 Å². The molecule has 0 saturated carbocycles. The molecule has 1 heterocycles. The summed E-state index contributed by atoms with van der Waals surface area (Å²) in [5.41, 5.74) is 0. The zero-order chi connectivity index (χ0) is 12.3. The summed E-state index contributed by atoms with van der Waals surface area (Å²) in [7, 11) is 3.39. The summed E-state index contributed by atoms with van der Waals surface area (Å²) >= 11 is 0. The van der Waals surface area contributed by atoms with Crippen molar-refractivity contribution in [3.8, 4) is 0 Å². The molecule has 0 bridgehead atoms. The molecule has 5 atom stereocenters. The van der Waals surface area contributed by atoms with E-state index in [1.807, 2.05) is 0 Å². The molecule has 1 saturated heterocycles. The molecule has 92 valence electrons. The Morgan fingerprint density at radius 2 is 2.19 bits per heavy atom. The van der Waals surface area contributed by atoms with Crippen LogP contribution in [0.1, 0.15) is 0 Å². The molecule has 1 fully saturated rings. The van der Waals surface area contributed by atoms with Crippen molar-refractivity contribution < 1.29 is 32.4 Å². The number of hydrogen-bond donors (Lipinski definition) is 1. The van der Waals surface area contributed by atoms with Gasteiger partial charge < -0.3 is 14.4 Å². The number of methoxy groups -OCH3 is 1. The highest BCUT2D eigenvalue weighted by Crippen LogP contribution is 2.46. The maximum Gasteiger partial charge on any atom is 0.472 e. The van der Waals surface area contributed by atoms with Crippen LogP contribution in [-0.4, -0.2) is 57.9 Å². The SMILES string of the molecule is [B][C@@H]1O[C@H](COC)[C@@H](OP(=O)(O)OC)[C@H]1F. The number of hydrogen-bond acceptors (Lipinski definition) is 5. The molecule has 6 nitrogen and oxygen atoms in total. The summed E-state index contributed by atoms with van der Waals surface area (Å²) in [5, 5.41) is 0. The Kier molecular flexibility index (Phi) is 4.91. The molecule has 0 aromatic rings. The minimum absolute atomic E-state index is 0.00248. The third-order valence-corrected chi connectivity index (χ3v) is 3.11. The smallest absolute Gasteiger partial charge is 0.382 e. The van der Waals surface area contributed by atoms with Gasteiger partial charge in [-0.25, -0.2) is 8.96 Å². The lowest BCUT2D eigenvalue weighted by molar-refractivity contribution is -0.0197. The Labute approximate surface area is 94.0 Å². The first-order valence-electron chi connectivity index (χ1n) is 4.52. The van der Waals surface area contributed by atoms with Crippen molar-refractivity contribution in [1.82, 2.24) is 0 Å². The second-order valence-electron chi connectivity index (χ2n) is 3.26. The molecule has 1 unspecified atom stereocenters. The summed E-state index contributed by atoms with van der Waals surface area (Å²) in [6.07, 6.45) is -3.84. The standard InChI is InChI=1S/C7H13BFO6P/c1-12-3-4-6(5(9)7(8)14-4)15-16(10,11)13-2/h4-7H,3H2,1-2H3,(H,10,11)/t4-,5-,6-,7-/m1/s1. The molecular weight excluding hydrogens is 241 g/mol. The van der Waals surface area contributed by atoms with Gasteiger partial charge in [-0.15, -0.1) is 0 Å². The maximum atomic E-state index is 13.5. The summed E-state index contributed by atoms with van der Waals surface area (Å²) in [6.45, 7) is 0.00248. The average molecular weight is 254 g/mol. The average Bonchev–Trinajstić information content (AvgIpc) is 2.47. The lowest BCUT2D eigenvalue weighted by Crippen LogP contribution is -2.34. The first-order valence-corrected chi connectivity index (χ1v) is 6.02. The number of halogens is 1. The van der Waals surface area contributed by atoms with Gasteiger partial charge >= 0.3 is 7.82 Å². The minimum Gasteiger partial charge on any atom is -0.382 e. The summed E-state index contributed by atoms with van der Waals surface area (Å²) in [4.78, 5) is 9.08. The molecular formula is C7H13BFO6P. The van der Waals surface area contributed by atoms with Gasteiger partial charge in [0.2, 0.25) is 0 Å². The fourth-order valence-corrected chi connectivity index (χ4v) is 2.01. The van der Waals surface area contributed by atoms with E-state index >= 15 is 0 Å². The second-order valence-corrected chi connectivity index (χ2v) is 4.77. The molecule has 1 aliphatic heterocycles. The van der Waals surface area contributed by atoms with Gasteiger partial charge in [0.1, 0.15) is 26.2 Å². The van der Waals surface area contributed by atoms with Crippen LogP contribution in [0.3, 0.4) is 0 Å². The molecule has 1 N–H and O–H groups in total. The zero-order valence-electron chi connectivity index (χ0n) is 8.91. The summed E-state index contributed by atoms with van der Waals surface area (Å²) < 4.78 is 43.2. The molecule has 0 amide bonds. The van der Waals surface area contributed by atoms with Crippen molar-refractivity contribution in [3.63, 3.8) is 0 Å². The van der Waals surface area contributed by atoms with E-state index in [0.29, 0.717) is 0 Å². The van der Waals surface area contributed by atoms with Crippen LogP contribution in [0.15, 0.2) is 0 Å². The normalized spacial score (nSPS) is 38.5. The van der Waals surface area contributed by atoms with Crippen LogP contribution in [0, 0.1) is 0 Å². The Bertz CT molecular complexity index is 280. The van der Waals surface area contributed by atoms with Gasteiger partial charge in [-0.1, -0.05) is 0 Å². The highest BCUT2D eigenvalue weighted by molar-refractivity contribution is 7.47. The van der Waals surface area contributed by atoms with Crippen molar-refractivity contribution in [2.24, 2.45) is 0 Å². The molecule has 0 aromatic carbocycles. The van der Waals surface area contributed by atoms with Crippen molar-refractivity contribution in [1.29, 1.82) is 0 Å². The van der Waals surface area contributed by atoms with Gasteiger partial charge in [-0.2, -0.15) is 0 Å². The van der Waals surface area contributed by atoms with Crippen LogP contribution >= 0.6 is 7.82 Å². The molecule has 16 heavy (non-hydrogen) atoms. The molecule has 0 spiro atoms. The highest BCUT2D eigenvalue weighted by Gasteiger charge is 2.46. The Hall–Kier alpha value is 0.0249. The van der Waals surface area contributed by atoms with E-state index in [1.54, 1.807) is 0 Å². The first kappa shape index (κ1) is 14.1. The van der Waals surface area contributed by atoms with Gasteiger partial charge in [0.15, 0.2) is 0 Å². The predicted octanol–water partition coefficient (Wildman–Crippen LogP) is -0.00370. The third kappa shape index (κ3) is 3.26. The second kappa shape index (κ2) is 5.57. The van der Waals surface area contributed by atoms with E-state index in [1.165, 1.54) is 7.11 Å².